The maximum atomic E-state index is 13.7. The smallest absolute Gasteiger partial charge is 0.460 e. The van der Waals surface area contributed by atoms with E-state index >= 15 is 0 Å². The Morgan fingerprint density at radius 3 is 2.38 bits per heavy atom. The Morgan fingerprint density at radius 1 is 1.10 bits per heavy atom. The Kier molecular flexibility index (Phi) is 10.2. The second kappa shape index (κ2) is 12.5. The van der Waals surface area contributed by atoms with Gasteiger partial charge < -0.3 is 24.7 Å². The molecule has 222 valence electrons. The number of rotatable bonds is 13. The number of carbonyl (C=O) groups is 3. The fraction of sp³-hybridized carbons (Fsp3) is 0.900. The zero-order valence-corrected chi connectivity index (χ0v) is 25.9. The van der Waals surface area contributed by atoms with Crippen molar-refractivity contribution >= 4 is 24.9 Å². The summed E-state index contributed by atoms with van der Waals surface area (Å²) in [6, 6.07) is 0. The number of ether oxygens (including phenoxy) is 1. The summed E-state index contributed by atoms with van der Waals surface area (Å²) < 4.78 is 18.7. The minimum atomic E-state index is -0.754. The molecule has 0 aromatic carbocycles. The molecule has 9 heteroatoms. The largest absolute Gasteiger partial charge is 0.481 e. The molecule has 8 nitrogen and oxygen atoms in total. The van der Waals surface area contributed by atoms with E-state index in [1.165, 1.54) is 0 Å². The van der Waals surface area contributed by atoms with Gasteiger partial charge in [-0.2, -0.15) is 0 Å². The van der Waals surface area contributed by atoms with Crippen LogP contribution in [0.5, 0.6) is 0 Å². The third-order valence-electron chi connectivity index (χ3n) is 9.11. The van der Waals surface area contributed by atoms with Gasteiger partial charge in [0.15, 0.2) is 0 Å². The summed E-state index contributed by atoms with van der Waals surface area (Å²) in [6.07, 6.45) is 5.94. The van der Waals surface area contributed by atoms with Gasteiger partial charge in [0.1, 0.15) is 5.60 Å². The third kappa shape index (κ3) is 7.78. The van der Waals surface area contributed by atoms with E-state index in [1.54, 1.807) is 20.8 Å². The Balaban J connectivity index is 1.70. The molecule has 0 unspecified atom stereocenters. The van der Waals surface area contributed by atoms with Crippen molar-refractivity contribution in [1.29, 1.82) is 0 Å². The molecule has 4 fully saturated rings. The van der Waals surface area contributed by atoms with Gasteiger partial charge in [-0.1, -0.05) is 47.5 Å². The van der Waals surface area contributed by atoms with Crippen molar-refractivity contribution in [2.75, 3.05) is 6.54 Å². The molecule has 4 rings (SSSR count). The van der Waals surface area contributed by atoms with Crippen LogP contribution < -0.4 is 10.6 Å². The highest BCUT2D eigenvalue weighted by Crippen LogP contribution is 2.65. The Morgan fingerprint density at radius 2 is 1.79 bits per heavy atom. The van der Waals surface area contributed by atoms with Crippen molar-refractivity contribution in [2.45, 2.75) is 137 Å². The van der Waals surface area contributed by atoms with Crippen LogP contribution in [0.3, 0.4) is 0 Å². The number of esters is 1. The SMILES string of the molecule is CCCCCC(=O)NC[C@H](CC(=O)OC(C)(C)C)C(=O)N[C@@H](CC(C)C)B1O[C@@H]2C[C@H]3C[C@H](C3(C)C)[C@]2(C)O1. The average Bonchev–Trinajstić information content (AvgIpc) is 3.17. The van der Waals surface area contributed by atoms with Crippen molar-refractivity contribution in [2.24, 2.45) is 29.1 Å². The van der Waals surface area contributed by atoms with Crippen LogP contribution in [0.25, 0.3) is 0 Å². The molecule has 0 radical (unpaired) electrons. The Hall–Kier alpha value is -1.61. The Bertz CT molecular complexity index is 887. The zero-order chi connectivity index (χ0) is 29.2. The first-order chi connectivity index (χ1) is 18.1. The van der Waals surface area contributed by atoms with Gasteiger partial charge in [-0.25, -0.2) is 0 Å². The van der Waals surface area contributed by atoms with Crippen LogP contribution in [0.2, 0.25) is 0 Å². The number of unbranched alkanes of at least 4 members (excludes halogenated alkanes) is 2. The van der Waals surface area contributed by atoms with Crippen LogP contribution in [0, 0.1) is 29.1 Å². The highest BCUT2D eigenvalue weighted by Gasteiger charge is 2.68. The molecule has 0 spiro atoms. The number of amides is 2. The maximum Gasteiger partial charge on any atom is 0.481 e. The van der Waals surface area contributed by atoms with E-state index in [4.69, 9.17) is 14.0 Å². The van der Waals surface area contributed by atoms with E-state index in [-0.39, 0.29) is 47.8 Å². The molecule has 39 heavy (non-hydrogen) atoms. The van der Waals surface area contributed by atoms with Crippen molar-refractivity contribution in [3.8, 4) is 0 Å². The molecule has 4 aliphatic rings. The second-order valence-electron chi connectivity index (χ2n) is 14.3. The number of nitrogens with one attached hydrogen (secondary N) is 2. The van der Waals surface area contributed by atoms with Crippen LogP contribution in [0.4, 0.5) is 0 Å². The fourth-order valence-corrected chi connectivity index (χ4v) is 6.82. The van der Waals surface area contributed by atoms with Crippen LogP contribution in [0.15, 0.2) is 0 Å². The normalized spacial score (nSPS) is 28.8. The highest BCUT2D eigenvalue weighted by atomic mass is 16.7. The quantitative estimate of drug-likeness (QED) is 0.194. The van der Waals surface area contributed by atoms with Gasteiger partial charge in [0.2, 0.25) is 11.8 Å². The van der Waals surface area contributed by atoms with E-state index in [1.807, 2.05) is 0 Å². The lowest BCUT2D eigenvalue weighted by Gasteiger charge is -2.64. The Labute approximate surface area is 236 Å². The van der Waals surface area contributed by atoms with Crippen molar-refractivity contribution in [1.82, 2.24) is 10.6 Å². The molecule has 0 aromatic heterocycles. The lowest BCUT2D eigenvalue weighted by atomic mass is 9.43. The molecule has 1 saturated heterocycles. The van der Waals surface area contributed by atoms with Crippen LogP contribution in [-0.2, 0) is 28.4 Å². The first-order valence-electron chi connectivity index (χ1n) is 15.2. The maximum absolute atomic E-state index is 13.7. The van der Waals surface area contributed by atoms with Gasteiger partial charge in [-0.05, 0) is 76.5 Å². The molecule has 1 heterocycles. The van der Waals surface area contributed by atoms with Crippen molar-refractivity contribution < 1.29 is 28.4 Å². The summed E-state index contributed by atoms with van der Waals surface area (Å²) in [6.45, 7) is 18.6. The standard InChI is InChI=1S/C30H53BN2O6/c1-10-11-12-13-25(34)32-18-20(15-26(35)37-28(4,5)6)27(36)33-24(14-19(2)3)31-38-23-17-21-16-22(29(21,7)8)30(23,9)39-31/h19-24H,10-18H2,1-9H3,(H,32,34)(H,33,36)/t20-,21+,22+,23+,24-,30-/m0/s1. The summed E-state index contributed by atoms with van der Waals surface area (Å²) in [5.41, 5.74) is -0.799. The van der Waals surface area contributed by atoms with Gasteiger partial charge in [0, 0.05) is 13.0 Å². The van der Waals surface area contributed by atoms with Gasteiger partial charge in [0.25, 0.3) is 0 Å². The number of hydrogen-bond acceptors (Lipinski definition) is 6. The number of carbonyl (C=O) groups excluding carboxylic acids is 3. The topological polar surface area (TPSA) is 103 Å². The first-order valence-corrected chi connectivity index (χ1v) is 15.2. The van der Waals surface area contributed by atoms with E-state index in [0.29, 0.717) is 30.6 Å². The molecule has 6 atom stereocenters. The lowest BCUT2D eigenvalue weighted by molar-refractivity contribution is -0.199. The van der Waals surface area contributed by atoms with Crippen LogP contribution in [0.1, 0.15) is 114 Å². The number of hydrogen-bond donors (Lipinski definition) is 2. The van der Waals surface area contributed by atoms with Gasteiger partial charge in [0.05, 0.1) is 30.0 Å². The monoisotopic (exact) mass is 548 g/mol. The second-order valence-corrected chi connectivity index (χ2v) is 14.3. The molecular formula is C30H53BN2O6. The van der Waals surface area contributed by atoms with Crippen molar-refractivity contribution in [3.05, 3.63) is 0 Å². The van der Waals surface area contributed by atoms with E-state index < -0.39 is 24.6 Å². The third-order valence-corrected chi connectivity index (χ3v) is 9.11. The van der Waals surface area contributed by atoms with Gasteiger partial charge >= 0.3 is 13.1 Å². The molecule has 2 amide bonds. The molecule has 0 aromatic rings. The van der Waals surface area contributed by atoms with E-state index in [9.17, 15) is 14.4 Å². The fourth-order valence-electron chi connectivity index (χ4n) is 6.82. The van der Waals surface area contributed by atoms with Gasteiger partial charge in [-0.15, -0.1) is 0 Å². The summed E-state index contributed by atoms with van der Waals surface area (Å²) in [5.74, 6) is -0.611. The molecular weight excluding hydrogens is 495 g/mol. The molecule has 2 N–H and O–H groups in total. The minimum absolute atomic E-state index is 0.0193. The molecule has 2 bridgehead atoms. The van der Waals surface area contributed by atoms with Crippen LogP contribution >= 0.6 is 0 Å². The average molecular weight is 549 g/mol. The zero-order valence-electron chi connectivity index (χ0n) is 25.9. The first kappa shape index (κ1) is 31.9. The predicted octanol–water partition coefficient (Wildman–Crippen LogP) is 4.83. The summed E-state index contributed by atoms with van der Waals surface area (Å²) >= 11 is 0. The summed E-state index contributed by atoms with van der Waals surface area (Å²) in [4.78, 5) is 38.8. The highest BCUT2D eigenvalue weighted by molar-refractivity contribution is 6.47. The minimum Gasteiger partial charge on any atom is -0.460 e. The van der Waals surface area contributed by atoms with E-state index in [0.717, 1.165) is 32.1 Å². The lowest BCUT2D eigenvalue weighted by Crippen LogP contribution is -2.65. The van der Waals surface area contributed by atoms with Crippen molar-refractivity contribution in [3.63, 3.8) is 0 Å². The van der Waals surface area contributed by atoms with Crippen LogP contribution in [-0.4, -0.2) is 54.7 Å². The summed E-state index contributed by atoms with van der Waals surface area (Å²) in [7, 11) is -0.549. The summed E-state index contributed by atoms with van der Waals surface area (Å²) in [5, 5.41) is 6.03. The van der Waals surface area contributed by atoms with Gasteiger partial charge in [-0.3, -0.25) is 14.4 Å². The predicted molar refractivity (Wildman–Crippen MR) is 153 cm³/mol. The van der Waals surface area contributed by atoms with E-state index in [2.05, 4.69) is 52.2 Å². The molecule has 1 aliphatic heterocycles. The molecule has 3 saturated carbocycles. The molecule has 3 aliphatic carbocycles.